The maximum Gasteiger partial charge on any atom is 0.307 e. The van der Waals surface area contributed by atoms with Gasteiger partial charge in [0, 0.05) is 17.2 Å². The third-order valence-electron chi connectivity index (χ3n) is 3.12. The molecule has 1 aliphatic carbocycles. The first-order valence-electron chi connectivity index (χ1n) is 5.22. The van der Waals surface area contributed by atoms with Crippen LogP contribution in [0.3, 0.4) is 0 Å². The first kappa shape index (κ1) is 10.7. The zero-order valence-electron chi connectivity index (χ0n) is 8.72. The second kappa shape index (κ2) is 3.96. The standard InChI is InChI=1S/C12H13NO3/c13-8-3-1-7(2-4-8)11(14)9-5-6-10(9)12(15)16/h1-4,9-10H,5-6,13H2,(H,15,16)/t9-,10+/m0/s1. The topological polar surface area (TPSA) is 80.4 Å². The van der Waals surface area contributed by atoms with Gasteiger partial charge in [-0.15, -0.1) is 0 Å². The van der Waals surface area contributed by atoms with Gasteiger partial charge in [0.1, 0.15) is 0 Å². The molecule has 16 heavy (non-hydrogen) atoms. The summed E-state index contributed by atoms with van der Waals surface area (Å²) in [7, 11) is 0. The smallest absolute Gasteiger partial charge is 0.307 e. The number of hydrogen-bond donors (Lipinski definition) is 2. The molecule has 2 rings (SSSR count). The Labute approximate surface area is 93.1 Å². The van der Waals surface area contributed by atoms with Gasteiger partial charge in [-0.1, -0.05) is 0 Å². The molecule has 1 aliphatic rings. The number of anilines is 1. The largest absolute Gasteiger partial charge is 0.481 e. The molecule has 0 saturated heterocycles. The predicted molar refractivity (Wildman–Crippen MR) is 59.0 cm³/mol. The predicted octanol–water partition coefficient (Wildman–Crippen LogP) is 1.56. The molecule has 0 radical (unpaired) electrons. The van der Waals surface area contributed by atoms with Gasteiger partial charge < -0.3 is 10.8 Å². The molecule has 1 aromatic carbocycles. The van der Waals surface area contributed by atoms with Crippen LogP contribution in [0.2, 0.25) is 0 Å². The maximum absolute atomic E-state index is 11.9. The number of hydrogen-bond acceptors (Lipinski definition) is 3. The Balaban J connectivity index is 2.14. The molecule has 84 valence electrons. The van der Waals surface area contributed by atoms with Crippen molar-refractivity contribution in [1.82, 2.24) is 0 Å². The third kappa shape index (κ3) is 1.78. The highest BCUT2D eigenvalue weighted by atomic mass is 16.4. The Kier molecular flexibility index (Phi) is 2.64. The number of carbonyl (C=O) groups is 2. The fourth-order valence-corrected chi connectivity index (χ4v) is 1.97. The lowest BCUT2D eigenvalue weighted by Crippen LogP contribution is -2.38. The lowest BCUT2D eigenvalue weighted by Gasteiger charge is -2.31. The highest BCUT2D eigenvalue weighted by Crippen LogP contribution is 2.36. The van der Waals surface area contributed by atoms with Gasteiger partial charge in [0.2, 0.25) is 0 Å². The summed E-state index contributed by atoms with van der Waals surface area (Å²) in [5.74, 6) is -1.83. The van der Waals surface area contributed by atoms with Crippen LogP contribution in [0.5, 0.6) is 0 Å². The fraction of sp³-hybridized carbons (Fsp3) is 0.333. The van der Waals surface area contributed by atoms with Gasteiger partial charge in [-0.3, -0.25) is 9.59 Å². The zero-order valence-corrected chi connectivity index (χ0v) is 8.72. The number of rotatable bonds is 3. The van der Waals surface area contributed by atoms with Crippen LogP contribution in [0.15, 0.2) is 24.3 Å². The van der Waals surface area contributed by atoms with E-state index in [0.29, 0.717) is 24.1 Å². The second-order valence-corrected chi connectivity index (χ2v) is 4.11. The highest BCUT2D eigenvalue weighted by Gasteiger charge is 2.41. The van der Waals surface area contributed by atoms with E-state index in [-0.39, 0.29) is 11.7 Å². The van der Waals surface area contributed by atoms with E-state index in [1.54, 1.807) is 24.3 Å². The summed E-state index contributed by atoms with van der Waals surface area (Å²) >= 11 is 0. The van der Waals surface area contributed by atoms with E-state index < -0.39 is 11.9 Å². The van der Waals surface area contributed by atoms with Crippen molar-refractivity contribution in [1.29, 1.82) is 0 Å². The van der Waals surface area contributed by atoms with Crippen LogP contribution in [0.25, 0.3) is 0 Å². The van der Waals surface area contributed by atoms with Crippen molar-refractivity contribution in [3.8, 4) is 0 Å². The SMILES string of the molecule is Nc1ccc(C(=O)[C@H]2CC[C@H]2C(=O)O)cc1. The Bertz CT molecular complexity index is 424. The number of carbonyl (C=O) groups excluding carboxylic acids is 1. The highest BCUT2D eigenvalue weighted by molar-refractivity contribution is 6.00. The minimum Gasteiger partial charge on any atom is -0.481 e. The van der Waals surface area contributed by atoms with Crippen molar-refractivity contribution in [3.05, 3.63) is 29.8 Å². The van der Waals surface area contributed by atoms with Crippen molar-refractivity contribution in [2.75, 3.05) is 5.73 Å². The first-order valence-corrected chi connectivity index (χ1v) is 5.22. The Morgan fingerprint density at radius 3 is 2.12 bits per heavy atom. The monoisotopic (exact) mass is 219 g/mol. The van der Waals surface area contributed by atoms with Crippen LogP contribution in [0.4, 0.5) is 5.69 Å². The van der Waals surface area contributed by atoms with Gasteiger partial charge in [0.15, 0.2) is 5.78 Å². The molecular formula is C12H13NO3. The van der Waals surface area contributed by atoms with E-state index in [9.17, 15) is 9.59 Å². The number of ketones is 1. The molecule has 1 aromatic rings. The average Bonchev–Trinajstić information content (AvgIpc) is 2.15. The second-order valence-electron chi connectivity index (χ2n) is 4.11. The van der Waals surface area contributed by atoms with Gasteiger partial charge in [-0.25, -0.2) is 0 Å². The third-order valence-corrected chi connectivity index (χ3v) is 3.12. The molecule has 0 aromatic heterocycles. The fourth-order valence-electron chi connectivity index (χ4n) is 1.97. The number of nitrogen functional groups attached to an aromatic ring is 1. The molecule has 3 N–H and O–H groups in total. The van der Waals surface area contributed by atoms with Crippen molar-refractivity contribution in [3.63, 3.8) is 0 Å². The van der Waals surface area contributed by atoms with Gasteiger partial charge in [-0.2, -0.15) is 0 Å². The number of Topliss-reactive ketones (excluding diaryl/α,β-unsaturated/α-hetero) is 1. The van der Waals surface area contributed by atoms with E-state index in [0.717, 1.165) is 0 Å². The molecule has 0 unspecified atom stereocenters. The number of nitrogens with two attached hydrogens (primary N) is 1. The lowest BCUT2D eigenvalue weighted by molar-refractivity contribution is -0.146. The minimum atomic E-state index is -0.875. The lowest BCUT2D eigenvalue weighted by atomic mass is 9.70. The van der Waals surface area contributed by atoms with Gasteiger partial charge in [0.05, 0.1) is 5.92 Å². The molecule has 0 heterocycles. The molecule has 1 saturated carbocycles. The van der Waals surface area contributed by atoms with E-state index in [1.165, 1.54) is 0 Å². The summed E-state index contributed by atoms with van der Waals surface area (Å²) in [6.07, 6.45) is 1.26. The van der Waals surface area contributed by atoms with Crippen molar-refractivity contribution >= 4 is 17.4 Å². The molecule has 0 amide bonds. The minimum absolute atomic E-state index is 0.0846. The van der Waals surface area contributed by atoms with Gasteiger partial charge in [0.25, 0.3) is 0 Å². The quantitative estimate of drug-likeness (QED) is 0.597. The van der Waals surface area contributed by atoms with Crippen LogP contribution in [0.1, 0.15) is 23.2 Å². The number of carboxylic acids is 1. The van der Waals surface area contributed by atoms with Crippen LogP contribution >= 0.6 is 0 Å². The van der Waals surface area contributed by atoms with Gasteiger partial charge in [-0.05, 0) is 37.1 Å². The summed E-state index contributed by atoms with van der Waals surface area (Å²) in [6.45, 7) is 0. The van der Waals surface area contributed by atoms with Crippen LogP contribution in [-0.2, 0) is 4.79 Å². The Hall–Kier alpha value is -1.84. The van der Waals surface area contributed by atoms with Gasteiger partial charge >= 0.3 is 5.97 Å². The average molecular weight is 219 g/mol. The first-order chi connectivity index (χ1) is 7.59. The summed E-state index contributed by atoms with van der Waals surface area (Å²) in [5.41, 5.74) is 6.66. The number of aliphatic carboxylic acids is 1. The molecule has 0 bridgehead atoms. The van der Waals surface area contributed by atoms with Crippen molar-refractivity contribution < 1.29 is 14.7 Å². The van der Waals surface area contributed by atoms with E-state index in [1.807, 2.05) is 0 Å². The van der Waals surface area contributed by atoms with E-state index in [2.05, 4.69) is 0 Å². The summed E-state index contributed by atoms with van der Waals surface area (Å²) in [4.78, 5) is 22.8. The summed E-state index contributed by atoms with van der Waals surface area (Å²) in [6, 6.07) is 6.60. The molecular weight excluding hydrogens is 206 g/mol. The number of carboxylic acid groups (broad SMARTS) is 1. The normalized spacial score (nSPS) is 23.5. The Morgan fingerprint density at radius 1 is 1.12 bits per heavy atom. The van der Waals surface area contributed by atoms with Crippen molar-refractivity contribution in [2.45, 2.75) is 12.8 Å². The summed E-state index contributed by atoms with van der Waals surface area (Å²) < 4.78 is 0. The van der Waals surface area contributed by atoms with Crippen molar-refractivity contribution in [2.24, 2.45) is 11.8 Å². The van der Waals surface area contributed by atoms with Crippen LogP contribution in [-0.4, -0.2) is 16.9 Å². The van der Waals surface area contributed by atoms with E-state index in [4.69, 9.17) is 10.8 Å². The molecule has 2 atom stereocenters. The molecule has 0 aliphatic heterocycles. The molecule has 0 spiro atoms. The summed E-state index contributed by atoms with van der Waals surface area (Å²) in [5, 5.41) is 8.87. The van der Waals surface area contributed by atoms with Crippen LogP contribution < -0.4 is 5.73 Å². The van der Waals surface area contributed by atoms with Crippen LogP contribution in [0, 0.1) is 11.8 Å². The Morgan fingerprint density at radius 2 is 1.69 bits per heavy atom. The number of benzene rings is 1. The molecule has 4 nitrogen and oxygen atoms in total. The molecule has 1 fully saturated rings. The zero-order chi connectivity index (χ0) is 11.7. The molecule has 4 heteroatoms. The maximum atomic E-state index is 11.9. The van der Waals surface area contributed by atoms with E-state index >= 15 is 0 Å².